The Balaban J connectivity index is 2.14. The average Bonchev–Trinajstić information content (AvgIpc) is 2.59. The molecular weight excluding hydrogens is 272 g/mol. The lowest BCUT2D eigenvalue weighted by molar-refractivity contribution is -0.0282. The molecule has 0 spiro atoms. The fourth-order valence-electron chi connectivity index (χ4n) is 2.62. The predicted molar refractivity (Wildman–Crippen MR) is 90.8 cm³/mol. The third-order valence-electron chi connectivity index (χ3n) is 3.87. The molecule has 22 heavy (non-hydrogen) atoms. The molecule has 1 unspecified atom stereocenters. The molecule has 2 aromatic rings. The van der Waals surface area contributed by atoms with Crippen LogP contribution in [0.3, 0.4) is 0 Å². The van der Waals surface area contributed by atoms with Crippen LogP contribution < -0.4 is 0 Å². The molecule has 1 atom stereocenters. The van der Waals surface area contributed by atoms with E-state index in [1.807, 2.05) is 36.4 Å². The number of benzene rings is 2. The van der Waals surface area contributed by atoms with Gasteiger partial charge in [0.05, 0.1) is 12.7 Å². The van der Waals surface area contributed by atoms with Crippen molar-refractivity contribution in [3.63, 3.8) is 0 Å². The quantitative estimate of drug-likeness (QED) is 0.678. The van der Waals surface area contributed by atoms with Crippen LogP contribution >= 0.6 is 0 Å². The smallest absolute Gasteiger partial charge is 0.108 e. The first kappa shape index (κ1) is 16.7. The van der Waals surface area contributed by atoms with E-state index in [4.69, 9.17) is 4.74 Å². The highest BCUT2D eigenvalue weighted by atomic mass is 16.5. The highest BCUT2D eigenvalue weighted by Crippen LogP contribution is 2.28. The van der Waals surface area contributed by atoms with Gasteiger partial charge in [0.1, 0.15) is 6.10 Å². The number of unbranched alkanes of at least 4 members (excludes halogenated alkanes) is 2. The van der Waals surface area contributed by atoms with Gasteiger partial charge >= 0.3 is 0 Å². The zero-order valence-corrected chi connectivity index (χ0v) is 13.3. The molecule has 1 N–H and O–H groups in total. The maximum atomic E-state index is 9.64. The Morgan fingerprint density at radius 2 is 1.41 bits per heavy atom. The molecule has 2 nitrogen and oxygen atoms in total. The number of hydrogen-bond donors (Lipinski definition) is 1. The van der Waals surface area contributed by atoms with E-state index in [9.17, 15) is 5.11 Å². The summed E-state index contributed by atoms with van der Waals surface area (Å²) >= 11 is 0. The second-order valence-electron chi connectivity index (χ2n) is 5.64. The van der Waals surface area contributed by atoms with Crippen molar-refractivity contribution >= 4 is 0 Å². The van der Waals surface area contributed by atoms with Crippen LogP contribution in [0.4, 0.5) is 0 Å². The van der Waals surface area contributed by atoms with Gasteiger partial charge < -0.3 is 9.84 Å². The van der Waals surface area contributed by atoms with Crippen molar-refractivity contribution in [3.05, 3.63) is 71.8 Å². The van der Waals surface area contributed by atoms with Crippen LogP contribution in [-0.4, -0.2) is 17.8 Å². The molecule has 0 aromatic heterocycles. The summed E-state index contributed by atoms with van der Waals surface area (Å²) in [5, 5.41) is 9.64. The molecule has 0 aliphatic heterocycles. The maximum Gasteiger partial charge on any atom is 0.108 e. The molecule has 0 fully saturated rings. The van der Waals surface area contributed by atoms with Crippen molar-refractivity contribution < 1.29 is 9.84 Å². The molecule has 0 bridgehead atoms. The van der Waals surface area contributed by atoms with Crippen LogP contribution in [0, 0.1) is 0 Å². The van der Waals surface area contributed by atoms with E-state index in [2.05, 4.69) is 31.2 Å². The first-order valence-electron chi connectivity index (χ1n) is 8.21. The van der Waals surface area contributed by atoms with Crippen LogP contribution in [0.2, 0.25) is 0 Å². The van der Waals surface area contributed by atoms with Crippen molar-refractivity contribution in [1.82, 2.24) is 0 Å². The van der Waals surface area contributed by atoms with E-state index in [0.717, 1.165) is 24.0 Å². The Bertz CT molecular complexity index is 470. The molecule has 2 rings (SSSR count). The zero-order valence-electron chi connectivity index (χ0n) is 13.3. The standard InChI is InChI=1S/C20H26O2/c1-2-3-6-15-19(16-21)22-20(17-11-7-4-8-12-17)18-13-9-5-10-14-18/h4-5,7-14,19-21H,2-3,6,15-16H2,1H3. The SMILES string of the molecule is CCCCCC(CO)OC(c1ccccc1)c1ccccc1. The lowest BCUT2D eigenvalue weighted by Crippen LogP contribution is -2.21. The Kier molecular flexibility index (Phi) is 7.14. The van der Waals surface area contributed by atoms with E-state index in [-0.39, 0.29) is 18.8 Å². The summed E-state index contributed by atoms with van der Waals surface area (Å²) in [6, 6.07) is 20.5. The molecule has 118 valence electrons. The number of aliphatic hydroxyl groups is 1. The van der Waals surface area contributed by atoms with Gasteiger partial charge in [-0.1, -0.05) is 86.8 Å². The first-order chi connectivity index (χ1) is 10.8. The van der Waals surface area contributed by atoms with Crippen LogP contribution in [0.25, 0.3) is 0 Å². The summed E-state index contributed by atoms with van der Waals surface area (Å²) < 4.78 is 6.27. The van der Waals surface area contributed by atoms with Crippen LogP contribution in [0.5, 0.6) is 0 Å². The first-order valence-corrected chi connectivity index (χ1v) is 8.21. The number of aliphatic hydroxyl groups excluding tert-OH is 1. The molecule has 2 heteroatoms. The Labute approximate surface area is 133 Å². The number of rotatable bonds is 9. The number of hydrogen-bond acceptors (Lipinski definition) is 2. The molecule has 0 aliphatic rings. The molecule has 2 aromatic carbocycles. The monoisotopic (exact) mass is 298 g/mol. The van der Waals surface area contributed by atoms with Crippen LogP contribution in [0.1, 0.15) is 49.8 Å². The molecule has 0 amide bonds. The van der Waals surface area contributed by atoms with Gasteiger partial charge in [0.2, 0.25) is 0 Å². The predicted octanol–water partition coefficient (Wildman–Crippen LogP) is 4.73. The minimum absolute atomic E-state index is 0.0693. The summed E-state index contributed by atoms with van der Waals surface area (Å²) in [5.41, 5.74) is 2.25. The molecule has 0 heterocycles. The largest absolute Gasteiger partial charge is 0.394 e. The highest BCUT2D eigenvalue weighted by molar-refractivity contribution is 5.29. The van der Waals surface area contributed by atoms with Crippen molar-refractivity contribution in [1.29, 1.82) is 0 Å². The van der Waals surface area contributed by atoms with Crippen molar-refractivity contribution in [2.24, 2.45) is 0 Å². The molecule has 0 radical (unpaired) electrons. The maximum absolute atomic E-state index is 9.64. The van der Waals surface area contributed by atoms with E-state index >= 15 is 0 Å². The van der Waals surface area contributed by atoms with Gasteiger partial charge in [0.15, 0.2) is 0 Å². The minimum Gasteiger partial charge on any atom is -0.394 e. The van der Waals surface area contributed by atoms with Gasteiger partial charge in [0.25, 0.3) is 0 Å². The Morgan fingerprint density at radius 3 is 1.86 bits per heavy atom. The van der Waals surface area contributed by atoms with E-state index in [0.29, 0.717) is 0 Å². The van der Waals surface area contributed by atoms with Gasteiger partial charge in [-0.05, 0) is 17.5 Å². The normalized spacial score (nSPS) is 12.5. The Morgan fingerprint density at radius 1 is 0.864 bits per heavy atom. The van der Waals surface area contributed by atoms with Gasteiger partial charge in [-0.2, -0.15) is 0 Å². The lowest BCUT2D eigenvalue weighted by Gasteiger charge is -2.24. The summed E-state index contributed by atoms with van der Waals surface area (Å²) in [5.74, 6) is 0. The second kappa shape index (κ2) is 9.39. The molecule has 0 saturated heterocycles. The molecule has 0 saturated carbocycles. The van der Waals surface area contributed by atoms with Crippen molar-refractivity contribution in [2.75, 3.05) is 6.61 Å². The Hall–Kier alpha value is -1.64. The lowest BCUT2D eigenvalue weighted by atomic mass is 10.0. The van der Waals surface area contributed by atoms with Gasteiger partial charge in [0, 0.05) is 0 Å². The summed E-state index contributed by atoms with van der Waals surface area (Å²) in [7, 11) is 0. The van der Waals surface area contributed by atoms with Crippen LogP contribution in [0.15, 0.2) is 60.7 Å². The number of ether oxygens (including phenoxy) is 1. The minimum atomic E-state index is -0.124. The average molecular weight is 298 g/mol. The summed E-state index contributed by atoms with van der Waals surface area (Å²) in [4.78, 5) is 0. The van der Waals surface area contributed by atoms with Crippen molar-refractivity contribution in [2.45, 2.75) is 44.8 Å². The fourth-order valence-corrected chi connectivity index (χ4v) is 2.62. The third-order valence-corrected chi connectivity index (χ3v) is 3.87. The van der Waals surface area contributed by atoms with Gasteiger partial charge in [-0.15, -0.1) is 0 Å². The second-order valence-corrected chi connectivity index (χ2v) is 5.64. The summed E-state index contributed by atoms with van der Waals surface area (Å²) in [6.07, 6.45) is 4.12. The molecule has 0 aliphatic carbocycles. The van der Waals surface area contributed by atoms with Gasteiger partial charge in [-0.25, -0.2) is 0 Å². The van der Waals surface area contributed by atoms with Crippen molar-refractivity contribution in [3.8, 4) is 0 Å². The van der Waals surface area contributed by atoms with Gasteiger partial charge in [-0.3, -0.25) is 0 Å². The molecular formula is C20H26O2. The zero-order chi connectivity index (χ0) is 15.6. The topological polar surface area (TPSA) is 29.5 Å². The van der Waals surface area contributed by atoms with E-state index in [1.54, 1.807) is 0 Å². The summed E-state index contributed by atoms with van der Waals surface area (Å²) in [6.45, 7) is 2.26. The van der Waals surface area contributed by atoms with E-state index < -0.39 is 0 Å². The van der Waals surface area contributed by atoms with E-state index in [1.165, 1.54) is 12.8 Å². The van der Waals surface area contributed by atoms with Crippen LogP contribution in [-0.2, 0) is 4.74 Å². The fraction of sp³-hybridized carbons (Fsp3) is 0.400. The third kappa shape index (κ3) is 4.97. The highest BCUT2D eigenvalue weighted by Gasteiger charge is 2.19.